The molecule has 0 spiro atoms. The van der Waals surface area contributed by atoms with Gasteiger partial charge >= 0.3 is 10.2 Å². The van der Waals surface area contributed by atoms with Crippen LogP contribution >= 0.6 is 12.4 Å². The average Bonchev–Trinajstić information content (AvgIpc) is 2.91. The second-order valence-electron chi connectivity index (χ2n) is 9.41. The van der Waals surface area contributed by atoms with Crippen LogP contribution in [0.2, 0.25) is 0 Å². The number of piperidine rings is 1. The quantitative estimate of drug-likeness (QED) is 0.281. The molecule has 1 atom stereocenters. The van der Waals surface area contributed by atoms with Crippen molar-refractivity contribution in [3.63, 3.8) is 0 Å². The lowest BCUT2D eigenvalue weighted by Crippen LogP contribution is -2.38. The number of aromatic nitrogens is 3. The van der Waals surface area contributed by atoms with Crippen LogP contribution < -0.4 is 20.1 Å². The molecule has 0 unspecified atom stereocenters. The number of rotatable bonds is 8. The van der Waals surface area contributed by atoms with Gasteiger partial charge < -0.3 is 15.4 Å². The molecule has 2 aromatic carbocycles. The number of hydrogen-bond acceptors (Lipinski definition) is 8. The maximum atomic E-state index is 12.5. The van der Waals surface area contributed by atoms with Gasteiger partial charge in [0.05, 0.1) is 16.9 Å². The molecular formula is C27H32ClN7O3S. The third-order valence-electron chi connectivity index (χ3n) is 6.46. The maximum absolute atomic E-state index is 12.5. The number of pyridine rings is 1. The van der Waals surface area contributed by atoms with Gasteiger partial charge in [-0.3, -0.25) is 4.72 Å². The fraction of sp³-hybridized carbons (Fsp3) is 0.296. The second-order valence-corrected chi connectivity index (χ2v) is 11.3. The van der Waals surface area contributed by atoms with Crippen molar-refractivity contribution in [2.75, 3.05) is 37.2 Å². The highest BCUT2D eigenvalue weighted by molar-refractivity contribution is 7.90. The van der Waals surface area contributed by atoms with Crippen LogP contribution in [0.1, 0.15) is 18.4 Å². The molecule has 0 amide bonds. The summed E-state index contributed by atoms with van der Waals surface area (Å²) in [5.41, 5.74) is 2.76. The summed E-state index contributed by atoms with van der Waals surface area (Å²) >= 11 is 0. The van der Waals surface area contributed by atoms with Crippen LogP contribution in [0.3, 0.4) is 0 Å². The molecule has 10 nitrogen and oxygen atoms in total. The zero-order chi connectivity index (χ0) is 26.7. The first-order valence-corrected chi connectivity index (χ1v) is 13.9. The van der Waals surface area contributed by atoms with Crippen molar-refractivity contribution in [1.82, 2.24) is 24.6 Å². The number of nitrogens with zero attached hydrogens (tertiary/aromatic N) is 4. The molecule has 39 heavy (non-hydrogen) atoms. The van der Waals surface area contributed by atoms with Gasteiger partial charge in [-0.1, -0.05) is 24.3 Å². The molecule has 1 aliphatic rings. The van der Waals surface area contributed by atoms with Gasteiger partial charge in [-0.25, -0.2) is 15.0 Å². The zero-order valence-electron chi connectivity index (χ0n) is 22.0. The van der Waals surface area contributed by atoms with Crippen LogP contribution in [0.4, 0.5) is 11.6 Å². The molecular weight excluding hydrogens is 538 g/mol. The van der Waals surface area contributed by atoms with Gasteiger partial charge in [0, 0.05) is 49.8 Å². The summed E-state index contributed by atoms with van der Waals surface area (Å²) in [6.07, 6.45) is 5.57. The molecule has 206 valence electrons. The Labute approximate surface area is 234 Å². The largest absolute Gasteiger partial charge is 0.437 e. The molecule has 1 saturated heterocycles. The Bertz CT molecular complexity index is 1560. The van der Waals surface area contributed by atoms with Gasteiger partial charge in [0.15, 0.2) is 0 Å². The van der Waals surface area contributed by atoms with Gasteiger partial charge in [-0.15, -0.1) is 12.4 Å². The van der Waals surface area contributed by atoms with Crippen molar-refractivity contribution in [3.05, 3.63) is 66.5 Å². The van der Waals surface area contributed by atoms with E-state index in [1.807, 2.05) is 43.3 Å². The first-order valence-electron chi connectivity index (χ1n) is 12.5. The molecule has 4 aromatic rings. The minimum Gasteiger partial charge on any atom is -0.437 e. The topological polar surface area (TPSA) is 121 Å². The summed E-state index contributed by atoms with van der Waals surface area (Å²) in [6.45, 7) is 3.85. The molecule has 3 N–H and O–H groups in total. The Morgan fingerprint density at radius 1 is 1.03 bits per heavy atom. The monoisotopic (exact) mass is 569 g/mol. The number of aryl methyl sites for hydroxylation is 1. The number of hydrogen-bond donors (Lipinski definition) is 3. The molecule has 1 aliphatic heterocycles. The van der Waals surface area contributed by atoms with Crippen LogP contribution in [0.15, 0.2) is 60.9 Å². The lowest BCUT2D eigenvalue weighted by atomic mass is 10.0. The van der Waals surface area contributed by atoms with Gasteiger partial charge in [0.25, 0.3) is 0 Å². The van der Waals surface area contributed by atoms with Crippen molar-refractivity contribution in [2.45, 2.75) is 25.8 Å². The van der Waals surface area contributed by atoms with E-state index in [-0.39, 0.29) is 18.4 Å². The SMILES string of the molecule is Cc1ccc2c(NS(=O)(=O)N(C)C)cccc2c1Oc1ncccc1-c1ccnc(N[C@H]2CCCNC2)n1.Cl. The fourth-order valence-electron chi connectivity index (χ4n) is 4.39. The van der Waals surface area contributed by atoms with Gasteiger partial charge in [0.2, 0.25) is 11.8 Å². The highest BCUT2D eigenvalue weighted by Gasteiger charge is 2.19. The van der Waals surface area contributed by atoms with Gasteiger partial charge in [-0.05, 0) is 56.1 Å². The highest BCUT2D eigenvalue weighted by atomic mass is 35.5. The standard InChI is InChI=1S/C27H31N7O3S.ClH/c1-18-11-12-20-21(8-4-10-24(20)33-38(35,36)34(2)3)25(18)37-26-22(9-6-15-29-26)23-13-16-30-27(32-23)31-19-7-5-14-28-17-19;/h4,6,8-13,15-16,19,28,33H,5,7,14,17H2,1-3H3,(H,30,31,32);1H/t19-;/m0./s1. The fourth-order valence-corrected chi connectivity index (χ4v) is 5.03. The second kappa shape index (κ2) is 12.1. The van der Waals surface area contributed by atoms with Crippen LogP contribution in [0.25, 0.3) is 22.0 Å². The molecule has 2 aromatic heterocycles. The summed E-state index contributed by atoms with van der Waals surface area (Å²) in [5, 5.41) is 8.29. The summed E-state index contributed by atoms with van der Waals surface area (Å²) in [5.74, 6) is 1.55. The van der Waals surface area contributed by atoms with Gasteiger partial charge in [-0.2, -0.15) is 12.7 Å². The van der Waals surface area contributed by atoms with E-state index in [1.54, 1.807) is 24.5 Å². The number of anilines is 2. The number of ether oxygens (including phenoxy) is 1. The van der Waals surface area contributed by atoms with Crippen LogP contribution in [0.5, 0.6) is 11.6 Å². The van der Waals surface area contributed by atoms with E-state index < -0.39 is 10.2 Å². The normalized spacial score (nSPS) is 15.5. The smallest absolute Gasteiger partial charge is 0.301 e. The Morgan fingerprint density at radius 2 is 1.87 bits per heavy atom. The first kappa shape index (κ1) is 28.5. The lowest BCUT2D eigenvalue weighted by molar-refractivity contribution is 0.466. The first-order chi connectivity index (χ1) is 18.3. The Morgan fingerprint density at radius 3 is 2.64 bits per heavy atom. The lowest BCUT2D eigenvalue weighted by Gasteiger charge is -2.23. The Kier molecular flexibility index (Phi) is 8.86. The predicted molar refractivity (Wildman–Crippen MR) is 157 cm³/mol. The zero-order valence-corrected chi connectivity index (χ0v) is 23.6. The van der Waals surface area contributed by atoms with Crippen LogP contribution in [-0.4, -0.2) is 60.9 Å². The molecule has 0 aliphatic carbocycles. The van der Waals surface area contributed by atoms with E-state index in [0.29, 0.717) is 34.3 Å². The van der Waals surface area contributed by atoms with E-state index in [1.165, 1.54) is 14.1 Å². The van der Waals surface area contributed by atoms with Crippen molar-refractivity contribution in [3.8, 4) is 22.9 Å². The van der Waals surface area contributed by atoms with E-state index in [4.69, 9.17) is 9.72 Å². The van der Waals surface area contributed by atoms with Crippen LogP contribution in [0, 0.1) is 6.92 Å². The van der Waals surface area contributed by atoms with E-state index in [9.17, 15) is 8.42 Å². The van der Waals surface area contributed by atoms with Crippen molar-refractivity contribution < 1.29 is 13.2 Å². The molecule has 12 heteroatoms. The third kappa shape index (κ3) is 6.39. The van der Waals surface area contributed by atoms with E-state index >= 15 is 0 Å². The third-order valence-corrected chi connectivity index (χ3v) is 7.90. The van der Waals surface area contributed by atoms with E-state index in [0.717, 1.165) is 46.7 Å². The van der Waals surface area contributed by atoms with Crippen molar-refractivity contribution >= 4 is 45.0 Å². The maximum Gasteiger partial charge on any atom is 0.301 e. The van der Waals surface area contributed by atoms with E-state index in [2.05, 4.69) is 25.3 Å². The summed E-state index contributed by atoms with van der Waals surface area (Å²) in [4.78, 5) is 13.7. The molecule has 1 fully saturated rings. The summed E-state index contributed by atoms with van der Waals surface area (Å²) in [7, 11) is -0.714. The Balaban J connectivity index is 0.00000353. The predicted octanol–water partition coefficient (Wildman–Crippen LogP) is 4.60. The van der Waals surface area contributed by atoms with Crippen LogP contribution in [-0.2, 0) is 10.2 Å². The number of halogens is 1. The number of fused-ring (bicyclic) bond motifs is 1. The minimum atomic E-state index is -3.68. The Hall–Kier alpha value is -3.51. The average molecular weight is 570 g/mol. The summed E-state index contributed by atoms with van der Waals surface area (Å²) < 4.78 is 35.2. The molecule has 0 radical (unpaired) electrons. The number of nitrogens with one attached hydrogen (secondary N) is 3. The minimum absolute atomic E-state index is 0. The molecule has 0 bridgehead atoms. The molecule has 3 heterocycles. The molecule has 5 rings (SSSR count). The van der Waals surface area contributed by atoms with Crippen molar-refractivity contribution in [2.24, 2.45) is 0 Å². The molecule has 0 saturated carbocycles. The summed E-state index contributed by atoms with van der Waals surface area (Å²) in [6, 6.07) is 15.1. The van der Waals surface area contributed by atoms with Crippen molar-refractivity contribution in [1.29, 1.82) is 0 Å². The number of benzene rings is 2. The van der Waals surface area contributed by atoms with Gasteiger partial charge in [0.1, 0.15) is 5.75 Å². The highest BCUT2D eigenvalue weighted by Crippen LogP contribution is 2.38.